The Morgan fingerprint density at radius 3 is 2.12 bits per heavy atom. The number of hydrogen-bond acceptors (Lipinski definition) is 4. The number of imide groups is 1. The molecule has 1 aliphatic rings. The van der Waals surface area contributed by atoms with Crippen molar-refractivity contribution in [1.82, 2.24) is 0 Å². The maximum absolute atomic E-state index is 13.1. The molecule has 1 heterocycles. The van der Waals surface area contributed by atoms with E-state index in [1.165, 1.54) is 0 Å². The first-order valence-electron chi connectivity index (χ1n) is 8.30. The van der Waals surface area contributed by atoms with Crippen molar-refractivity contribution in [2.75, 3.05) is 11.5 Å². The molecule has 0 aromatic heterocycles. The number of hydrogen-bond donors (Lipinski definition) is 0. The normalized spacial score (nSPS) is 13.2. The van der Waals surface area contributed by atoms with Crippen LogP contribution in [0, 0.1) is 0 Å². The third kappa shape index (κ3) is 2.29. The minimum absolute atomic E-state index is 0.183. The van der Waals surface area contributed by atoms with E-state index in [9.17, 15) is 14.4 Å². The Morgan fingerprint density at radius 2 is 1.50 bits per heavy atom. The highest BCUT2D eigenvalue weighted by Gasteiger charge is 2.35. The summed E-state index contributed by atoms with van der Waals surface area (Å²) < 4.78 is 5.07. The van der Waals surface area contributed by atoms with E-state index < -0.39 is 17.8 Å². The Hall–Kier alpha value is -3.47. The van der Waals surface area contributed by atoms with E-state index in [0.29, 0.717) is 16.5 Å². The van der Waals surface area contributed by atoms with Crippen molar-refractivity contribution >= 4 is 34.2 Å². The van der Waals surface area contributed by atoms with Crippen molar-refractivity contribution in [2.45, 2.75) is 6.92 Å². The van der Waals surface area contributed by atoms with Crippen LogP contribution < -0.4 is 4.90 Å². The molecule has 0 saturated heterocycles. The molecule has 26 heavy (non-hydrogen) atoms. The van der Waals surface area contributed by atoms with Gasteiger partial charge in [0, 0.05) is 16.5 Å². The zero-order valence-corrected chi connectivity index (χ0v) is 14.1. The summed E-state index contributed by atoms with van der Waals surface area (Å²) in [5, 5.41) is 1.48. The number of carbonyl (C=O) groups excluding carboxylic acids is 3. The third-order valence-electron chi connectivity index (χ3n) is 4.41. The van der Waals surface area contributed by atoms with Crippen molar-refractivity contribution in [1.29, 1.82) is 0 Å². The zero-order chi connectivity index (χ0) is 18.3. The van der Waals surface area contributed by atoms with Crippen LogP contribution in [0.15, 0.2) is 60.7 Å². The van der Waals surface area contributed by atoms with Gasteiger partial charge < -0.3 is 4.74 Å². The highest BCUT2D eigenvalue weighted by Crippen LogP contribution is 2.34. The lowest BCUT2D eigenvalue weighted by atomic mass is 9.93. The van der Waals surface area contributed by atoms with Crippen molar-refractivity contribution in [3.63, 3.8) is 0 Å². The maximum Gasteiger partial charge on any atom is 0.340 e. The molecule has 0 spiro atoms. The molecule has 0 fully saturated rings. The Labute approximate surface area is 149 Å². The van der Waals surface area contributed by atoms with Crippen LogP contribution in [0.2, 0.25) is 0 Å². The number of para-hydroxylation sites is 1. The van der Waals surface area contributed by atoms with Crippen molar-refractivity contribution in [3.8, 4) is 0 Å². The summed E-state index contributed by atoms with van der Waals surface area (Å²) in [6.07, 6.45) is 0. The minimum Gasteiger partial charge on any atom is -0.462 e. The molecule has 0 N–H and O–H groups in total. The summed E-state index contributed by atoms with van der Waals surface area (Å²) >= 11 is 0. The Morgan fingerprint density at radius 1 is 0.885 bits per heavy atom. The van der Waals surface area contributed by atoms with E-state index in [1.54, 1.807) is 55.5 Å². The van der Waals surface area contributed by atoms with Gasteiger partial charge >= 0.3 is 5.97 Å². The maximum atomic E-state index is 13.1. The van der Waals surface area contributed by atoms with Gasteiger partial charge in [-0.2, -0.15) is 0 Å². The third-order valence-corrected chi connectivity index (χ3v) is 4.41. The molecule has 0 radical (unpaired) electrons. The summed E-state index contributed by atoms with van der Waals surface area (Å²) in [5.74, 6) is -1.46. The summed E-state index contributed by atoms with van der Waals surface area (Å²) in [7, 11) is 0. The van der Waals surface area contributed by atoms with Crippen LogP contribution in [-0.4, -0.2) is 24.4 Å². The molecular formula is C21H15NO4. The lowest BCUT2D eigenvalue weighted by molar-refractivity contribution is 0.0527. The highest BCUT2D eigenvalue weighted by atomic mass is 16.5. The van der Waals surface area contributed by atoms with Crippen LogP contribution in [0.1, 0.15) is 38.0 Å². The Kier molecular flexibility index (Phi) is 3.77. The van der Waals surface area contributed by atoms with Crippen LogP contribution in [0.4, 0.5) is 5.69 Å². The summed E-state index contributed by atoms with van der Waals surface area (Å²) in [6, 6.07) is 17.2. The Balaban J connectivity index is 1.92. The first-order valence-corrected chi connectivity index (χ1v) is 8.30. The van der Waals surface area contributed by atoms with Crippen molar-refractivity contribution in [3.05, 3.63) is 77.4 Å². The van der Waals surface area contributed by atoms with Crippen molar-refractivity contribution < 1.29 is 19.1 Å². The molecule has 128 valence electrons. The molecule has 3 aromatic rings. The minimum atomic E-state index is -0.569. The number of nitrogens with zero attached hydrogens (tertiary/aromatic N) is 1. The smallest absolute Gasteiger partial charge is 0.340 e. The topological polar surface area (TPSA) is 63.7 Å². The predicted molar refractivity (Wildman–Crippen MR) is 97.5 cm³/mol. The fourth-order valence-corrected chi connectivity index (χ4v) is 3.30. The van der Waals surface area contributed by atoms with Gasteiger partial charge in [0.2, 0.25) is 0 Å². The monoisotopic (exact) mass is 345 g/mol. The number of ether oxygens (including phenoxy) is 1. The average Bonchev–Trinajstić information content (AvgIpc) is 2.66. The van der Waals surface area contributed by atoms with Gasteiger partial charge in [0.15, 0.2) is 0 Å². The van der Waals surface area contributed by atoms with Gasteiger partial charge in [-0.05, 0) is 36.6 Å². The van der Waals surface area contributed by atoms with Gasteiger partial charge in [-0.25, -0.2) is 9.69 Å². The number of benzene rings is 3. The number of rotatable bonds is 3. The molecule has 2 amide bonds. The van der Waals surface area contributed by atoms with E-state index in [4.69, 9.17) is 4.74 Å². The van der Waals surface area contributed by atoms with Crippen LogP contribution in [0.25, 0.3) is 10.8 Å². The summed E-state index contributed by atoms with van der Waals surface area (Å²) in [5.41, 5.74) is 1.29. The van der Waals surface area contributed by atoms with E-state index in [2.05, 4.69) is 0 Å². The van der Waals surface area contributed by atoms with Gasteiger partial charge in [0.25, 0.3) is 11.8 Å². The molecule has 0 saturated carbocycles. The lowest BCUT2D eigenvalue weighted by Gasteiger charge is -2.28. The molecule has 5 nitrogen and oxygen atoms in total. The summed E-state index contributed by atoms with van der Waals surface area (Å²) in [6.45, 7) is 1.91. The fraction of sp³-hybridized carbons (Fsp3) is 0.0952. The fourth-order valence-electron chi connectivity index (χ4n) is 3.30. The number of amides is 2. The molecular weight excluding hydrogens is 330 g/mol. The zero-order valence-electron chi connectivity index (χ0n) is 14.1. The SMILES string of the molecule is CCOC(=O)c1ccccc1N1C(=O)c2cccc3cccc(c23)C1=O. The van der Waals surface area contributed by atoms with Crippen LogP contribution in [-0.2, 0) is 4.74 Å². The Bertz CT molecular complexity index is 1020. The average molecular weight is 345 g/mol. The number of anilines is 1. The molecule has 0 aliphatic carbocycles. The first-order chi connectivity index (χ1) is 12.6. The van der Waals surface area contributed by atoms with E-state index in [1.807, 2.05) is 12.1 Å². The second kappa shape index (κ2) is 6.11. The second-order valence-electron chi connectivity index (χ2n) is 5.89. The number of esters is 1. The first kappa shape index (κ1) is 16.0. The van der Waals surface area contributed by atoms with Crippen LogP contribution >= 0.6 is 0 Å². The van der Waals surface area contributed by atoms with Gasteiger partial charge in [-0.15, -0.1) is 0 Å². The largest absolute Gasteiger partial charge is 0.462 e. The molecule has 5 heteroatoms. The lowest BCUT2D eigenvalue weighted by Crippen LogP contribution is -2.41. The molecule has 4 rings (SSSR count). The molecule has 0 unspecified atom stereocenters. The summed E-state index contributed by atoms with van der Waals surface area (Å²) in [4.78, 5) is 39.5. The second-order valence-corrected chi connectivity index (χ2v) is 5.89. The van der Waals surface area contributed by atoms with Gasteiger partial charge in [-0.1, -0.05) is 36.4 Å². The van der Waals surface area contributed by atoms with Gasteiger partial charge in [0.1, 0.15) is 0 Å². The quantitative estimate of drug-likeness (QED) is 0.535. The molecule has 1 aliphatic heterocycles. The molecule has 0 bridgehead atoms. The number of carbonyl (C=O) groups is 3. The van der Waals surface area contributed by atoms with Gasteiger partial charge in [-0.3, -0.25) is 9.59 Å². The highest BCUT2D eigenvalue weighted by molar-refractivity contribution is 6.36. The van der Waals surface area contributed by atoms with E-state index >= 15 is 0 Å². The van der Waals surface area contributed by atoms with Crippen LogP contribution in [0.3, 0.4) is 0 Å². The van der Waals surface area contributed by atoms with Gasteiger partial charge in [0.05, 0.1) is 17.9 Å². The molecule has 0 atom stereocenters. The van der Waals surface area contributed by atoms with E-state index in [0.717, 1.165) is 10.3 Å². The standard InChI is InChI=1S/C21H15NO4/c1-2-26-21(25)14-9-3-4-12-17(14)22-19(23)15-10-5-7-13-8-6-11-16(18(13)15)20(22)24/h3-12H,2H2,1H3. The molecule has 3 aromatic carbocycles. The van der Waals surface area contributed by atoms with Crippen LogP contribution in [0.5, 0.6) is 0 Å². The van der Waals surface area contributed by atoms with E-state index in [-0.39, 0.29) is 17.9 Å². The predicted octanol–water partition coefficient (Wildman–Crippen LogP) is 3.82. The van der Waals surface area contributed by atoms with Crippen molar-refractivity contribution in [2.24, 2.45) is 0 Å².